The van der Waals surface area contributed by atoms with E-state index in [4.69, 9.17) is 9.47 Å². The molecule has 1 saturated heterocycles. The fraction of sp³-hybridized carbons (Fsp3) is 0.0800. The van der Waals surface area contributed by atoms with E-state index in [1.807, 2.05) is 72.8 Å². The van der Waals surface area contributed by atoms with E-state index >= 15 is 0 Å². The maximum absolute atomic E-state index is 12.6. The number of rotatable bonds is 2. The molecular formula is C25H16O3. The summed E-state index contributed by atoms with van der Waals surface area (Å²) in [5.41, 5.74) is 1.79. The number of carbonyl (C=O) groups is 1. The molecule has 134 valence electrons. The van der Waals surface area contributed by atoms with Gasteiger partial charge in [0, 0.05) is 22.3 Å². The minimum absolute atomic E-state index is 0.645. The van der Waals surface area contributed by atoms with Crippen molar-refractivity contribution >= 4 is 16.9 Å². The highest BCUT2D eigenvalue weighted by Gasteiger charge is 2.75. The molecule has 3 nitrogen and oxygen atoms in total. The Hall–Kier alpha value is -3.59. The van der Waals surface area contributed by atoms with Gasteiger partial charge in [0.15, 0.2) is 0 Å². The quantitative estimate of drug-likeness (QED) is 0.440. The van der Waals surface area contributed by atoms with Gasteiger partial charge in [-0.25, -0.2) is 4.79 Å². The highest BCUT2D eigenvalue weighted by atomic mass is 16.8. The van der Waals surface area contributed by atoms with Crippen molar-refractivity contribution in [2.45, 2.75) is 11.2 Å². The van der Waals surface area contributed by atoms with Gasteiger partial charge >= 0.3 is 6.16 Å². The van der Waals surface area contributed by atoms with E-state index in [1.165, 1.54) is 0 Å². The van der Waals surface area contributed by atoms with Gasteiger partial charge in [-0.15, -0.1) is 0 Å². The molecule has 0 amide bonds. The van der Waals surface area contributed by atoms with Crippen molar-refractivity contribution in [1.29, 1.82) is 0 Å². The number of carbonyl (C=O) groups excluding carboxylic acids is 1. The highest BCUT2D eigenvalue weighted by molar-refractivity contribution is 5.89. The summed E-state index contributed by atoms with van der Waals surface area (Å²) in [4.78, 5) is 12.6. The number of ether oxygens (including phenoxy) is 2. The first kappa shape index (κ1) is 15.5. The Morgan fingerprint density at radius 1 is 0.536 bits per heavy atom. The molecule has 1 heterocycles. The average molecular weight is 364 g/mol. The zero-order valence-corrected chi connectivity index (χ0v) is 15.0. The van der Waals surface area contributed by atoms with Crippen molar-refractivity contribution < 1.29 is 14.3 Å². The summed E-state index contributed by atoms with van der Waals surface area (Å²) < 4.78 is 12.0. The van der Waals surface area contributed by atoms with Crippen molar-refractivity contribution in [1.82, 2.24) is 0 Å². The van der Waals surface area contributed by atoms with Crippen LogP contribution in [0.4, 0.5) is 4.79 Å². The third kappa shape index (κ3) is 1.67. The van der Waals surface area contributed by atoms with Gasteiger partial charge in [0.05, 0.1) is 0 Å². The van der Waals surface area contributed by atoms with Crippen LogP contribution in [-0.4, -0.2) is 6.16 Å². The second kappa shape index (κ2) is 5.23. The molecule has 1 fully saturated rings. The van der Waals surface area contributed by atoms with E-state index in [0.717, 1.165) is 33.0 Å². The molecule has 2 aliphatic rings. The summed E-state index contributed by atoms with van der Waals surface area (Å²) in [5, 5.41) is 2.22. The number of hydrogen-bond acceptors (Lipinski definition) is 3. The van der Waals surface area contributed by atoms with Gasteiger partial charge in [-0.1, -0.05) is 84.9 Å². The molecule has 0 radical (unpaired) electrons. The first-order valence-corrected chi connectivity index (χ1v) is 9.32. The zero-order chi connectivity index (χ0) is 18.8. The summed E-state index contributed by atoms with van der Waals surface area (Å²) in [7, 11) is 0. The van der Waals surface area contributed by atoms with Gasteiger partial charge in [0.25, 0.3) is 0 Å². The fourth-order valence-corrected chi connectivity index (χ4v) is 4.85. The van der Waals surface area contributed by atoms with Crippen LogP contribution < -0.4 is 0 Å². The Morgan fingerprint density at radius 3 is 1.36 bits per heavy atom. The molecule has 0 unspecified atom stereocenters. The maximum Gasteiger partial charge on any atom is 0.511 e. The summed E-state index contributed by atoms with van der Waals surface area (Å²) in [6, 6.07) is 32.2. The Kier molecular flexibility index (Phi) is 2.89. The van der Waals surface area contributed by atoms with Gasteiger partial charge < -0.3 is 9.47 Å². The normalized spacial score (nSPS) is 24.6. The SMILES string of the molecule is O=C1O[C@]2(c3ccccc3)c3cc4ccccc4cc3[C@]2(c2ccccc2)O1. The smallest absolute Gasteiger partial charge is 0.413 e. The number of hydrogen-bond donors (Lipinski definition) is 0. The average Bonchev–Trinajstić information content (AvgIpc) is 3.03. The summed E-state index contributed by atoms with van der Waals surface area (Å²) >= 11 is 0. The van der Waals surface area contributed by atoms with Gasteiger partial charge in [-0.3, -0.25) is 0 Å². The molecule has 28 heavy (non-hydrogen) atoms. The number of benzene rings is 4. The van der Waals surface area contributed by atoms with Crippen molar-refractivity contribution in [3.8, 4) is 0 Å². The van der Waals surface area contributed by atoms with Crippen LogP contribution >= 0.6 is 0 Å². The first-order chi connectivity index (χ1) is 13.8. The van der Waals surface area contributed by atoms with Gasteiger partial charge in [0.1, 0.15) is 0 Å². The van der Waals surface area contributed by atoms with E-state index in [9.17, 15) is 4.79 Å². The lowest BCUT2D eigenvalue weighted by molar-refractivity contribution is -0.0334. The molecule has 2 atom stereocenters. The molecule has 4 aromatic rings. The molecule has 1 aliphatic heterocycles. The minimum Gasteiger partial charge on any atom is -0.413 e. The van der Waals surface area contributed by atoms with Gasteiger partial charge in [-0.05, 0) is 22.9 Å². The molecular weight excluding hydrogens is 348 g/mol. The molecule has 1 aliphatic carbocycles. The molecule has 0 N–H and O–H groups in total. The van der Waals surface area contributed by atoms with E-state index in [2.05, 4.69) is 24.3 Å². The monoisotopic (exact) mass is 364 g/mol. The van der Waals surface area contributed by atoms with Crippen molar-refractivity contribution in [2.24, 2.45) is 0 Å². The Bertz CT molecular complexity index is 1140. The predicted molar refractivity (Wildman–Crippen MR) is 106 cm³/mol. The maximum atomic E-state index is 12.6. The molecule has 0 saturated carbocycles. The van der Waals surface area contributed by atoms with Crippen LogP contribution in [0.15, 0.2) is 97.1 Å². The molecule has 3 heteroatoms. The molecule has 6 rings (SSSR count). The molecule has 0 spiro atoms. The summed E-state index contributed by atoms with van der Waals surface area (Å²) in [6.07, 6.45) is -0.645. The standard InChI is InChI=1S/C25H16O3/c26-23-27-24(19-11-3-1-4-12-19)21-15-17-9-7-8-10-18(17)16-22(21)25(24,28-23)20-13-5-2-6-14-20/h1-16H/t24-,25+. The summed E-state index contributed by atoms with van der Waals surface area (Å²) in [6.45, 7) is 0. The molecule has 4 aromatic carbocycles. The number of fused-ring (bicyclic) bond motifs is 5. The fourth-order valence-electron chi connectivity index (χ4n) is 4.85. The van der Waals surface area contributed by atoms with Crippen LogP contribution in [0.25, 0.3) is 10.8 Å². The Labute approximate surface area is 162 Å². The van der Waals surface area contributed by atoms with Crippen LogP contribution in [0.1, 0.15) is 22.3 Å². The topological polar surface area (TPSA) is 35.5 Å². The second-order valence-corrected chi connectivity index (χ2v) is 7.29. The predicted octanol–water partition coefficient (Wildman–Crippen LogP) is 5.51. The lowest BCUT2D eigenvalue weighted by Crippen LogP contribution is -2.58. The largest absolute Gasteiger partial charge is 0.511 e. The third-order valence-electron chi connectivity index (χ3n) is 5.97. The zero-order valence-electron chi connectivity index (χ0n) is 15.0. The van der Waals surface area contributed by atoms with Crippen LogP contribution in [0.5, 0.6) is 0 Å². The van der Waals surface area contributed by atoms with Crippen molar-refractivity contribution in [3.63, 3.8) is 0 Å². The van der Waals surface area contributed by atoms with E-state index < -0.39 is 17.4 Å². The van der Waals surface area contributed by atoms with Crippen LogP contribution in [0.3, 0.4) is 0 Å². The van der Waals surface area contributed by atoms with Crippen molar-refractivity contribution in [3.05, 3.63) is 119 Å². The van der Waals surface area contributed by atoms with Crippen LogP contribution in [0, 0.1) is 0 Å². The molecule has 0 aromatic heterocycles. The Balaban J connectivity index is 1.75. The van der Waals surface area contributed by atoms with E-state index in [0.29, 0.717) is 0 Å². The summed E-state index contributed by atoms with van der Waals surface area (Å²) in [5.74, 6) is 0. The van der Waals surface area contributed by atoms with E-state index in [-0.39, 0.29) is 0 Å². The Morgan fingerprint density at radius 2 is 0.929 bits per heavy atom. The van der Waals surface area contributed by atoms with Gasteiger partial charge in [0.2, 0.25) is 11.2 Å². The second-order valence-electron chi connectivity index (χ2n) is 7.29. The van der Waals surface area contributed by atoms with Crippen molar-refractivity contribution in [2.75, 3.05) is 0 Å². The minimum atomic E-state index is -0.994. The molecule has 0 bridgehead atoms. The lowest BCUT2D eigenvalue weighted by atomic mass is 9.55. The lowest BCUT2D eigenvalue weighted by Gasteiger charge is -2.51. The van der Waals surface area contributed by atoms with Gasteiger partial charge in [-0.2, -0.15) is 0 Å². The van der Waals surface area contributed by atoms with Crippen LogP contribution in [0.2, 0.25) is 0 Å². The van der Waals surface area contributed by atoms with Crippen LogP contribution in [-0.2, 0) is 20.7 Å². The first-order valence-electron chi connectivity index (χ1n) is 9.32. The third-order valence-corrected chi connectivity index (χ3v) is 5.97. The van der Waals surface area contributed by atoms with E-state index in [1.54, 1.807) is 0 Å². The highest BCUT2D eigenvalue weighted by Crippen LogP contribution is 2.67.